The van der Waals surface area contributed by atoms with Crippen molar-refractivity contribution in [2.24, 2.45) is 12.8 Å². The first-order valence-electron chi connectivity index (χ1n) is 4.92. The summed E-state index contributed by atoms with van der Waals surface area (Å²) in [6.07, 6.45) is 2.91. The van der Waals surface area contributed by atoms with Crippen LogP contribution in [0.15, 0.2) is 12.4 Å². The topological polar surface area (TPSA) is 70.9 Å². The van der Waals surface area contributed by atoms with Gasteiger partial charge in [0.2, 0.25) is 5.88 Å². The Kier molecular flexibility index (Phi) is 3.67. The molecule has 2 rings (SSSR count). The maximum absolute atomic E-state index is 12.2. The summed E-state index contributed by atoms with van der Waals surface area (Å²) in [6, 6.07) is 0. The average Bonchev–Trinajstić information content (AvgIpc) is 2.89. The molecule has 6 nitrogen and oxygen atoms in total. The summed E-state index contributed by atoms with van der Waals surface area (Å²) >= 11 is 10.7. The molecule has 0 aliphatic rings. The quantitative estimate of drug-likeness (QED) is 0.867. The number of hydrogen-bond donors (Lipinski definition) is 1. The molecule has 0 fully saturated rings. The molecule has 0 radical (unpaired) electrons. The fourth-order valence-corrected chi connectivity index (χ4v) is 1.79. The second-order valence-corrected chi connectivity index (χ2v) is 4.30. The number of nitrogens with zero attached hydrogens (tertiary/aromatic N) is 4. The summed E-state index contributed by atoms with van der Waals surface area (Å²) in [5.74, 6) is -0.110. The molecule has 102 valence electrons. The Bertz CT molecular complexity index is 626. The highest BCUT2D eigenvalue weighted by Gasteiger charge is 2.21. The normalized spacial score (nSPS) is 11.0. The lowest BCUT2D eigenvalue weighted by atomic mass is 10.4. The van der Waals surface area contributed by atoms with Crippen molar-refractivity contribution in [3.05, 3.63) is 23.0 Å². The highest BCUT2D eigenvalue weighted by Crippen LogP contribution is 2.31. The van der Waals surface area contributed by atoms with Crippen LogP contribution >= 0.6 is 23.8 Å². The Hall–Kier alpha value is -1.74. The summed E-state index contributed by atoms with van der Waals surface area (Å²) in [5.41, 5.74) is 5.95. The van der Waals surface area contributed by atoms with E-state index in [1.165, 1.54) is 24.1 Å². The standard InChI is InChI=1S/C9H8ClF2N5OS/c1-16-8(18-9(11)12)5(10)7(15-16)17-3-4(2-14-17)6(13)19/h2-3,9H,1H3,(H2,13,19). The zero-order valence-electron chi connectivity index (χ0n) is 9.55. The highest BCUT2D eigenvalue weighted by molar-refractivity contribution is 7.80. The third-order valence-electron chi connectivity index (χ3n) is 2.21. The van der Waals surface area contributed by atoms with Crippen LogP contribution in [0.3, 0.4) is 0 Å². The molecule has 2 N–H and O–H groups in total. The minimum absolute atomic E-state index is 0.0830. The first-order chi connectivity index (χ1) is 8.90. The monoisotopic (exact) mass is 307 g/mol. The lowest BCUT2D eigenvalue weighted by Gasteiger charge is -2.03. The van der Waals surface area contributed by atoms with E-state index in [0.29, 0.717) is 5.56 Å². The van der Waals surface area contributed by atoms with E-state index in [2.05, 4.69) is 14.9 Å². The van der Waals surface area contributed by atoms with Crippen LogP contribution in [0.4, 0.5) is 8.78 Å². The van der Waals surface area contributed by atoms with E-state index < -0.39 is 6.61 Å². The third-order valence-corrected chi connectivity index (χ3v) is 2.77. The van der Waals surface area contributed by atoms with E-state index in [0.717, 1.165) is 4.68 Å². The number of ether oxygens (including phenoxy) is 1. The summed E-state index contributed by atoms with van der Waals surface area (Å²) in [5, 5.41) is 7.81. The van der Waals surface area contributed by atoms with Crippen LogP contribution in [-0.2, 0) is 7.05 Å². The predicted octanol–water partition coefficient (Wildman–Crippen LogP) is 1.49. The molecule has 2 aromatic heterocycles. The molecule has 0 aromatic carbocycles. The number of aryl methyl sites for hydroxylation is 1. The van der Waals surface area contributed by atoms with Gasteiger partial charge in [-0.2, -0.15) is 13.9 Å². The summed E-state index contributed by atoms with van der Waals surface area (Å²) in [6.45, 7) is -2.99. The molecule has 0 spiro atoms. The van der Waals surface area contributed by atoms with Gasteiger partial charge >= 0.3 is 6.61 Å². The molecule has 2 heterocycles. The van der Waals surface area contributed by atoms with Crippen LogP contribution in [0.1, 0.15) is 5.56 Å². The van der Waals surface area contributed by atoms with Gasteiger partial charge in [0.25, 0.3) is 0 Å². The maximum Gasteiger partial charge on any atom is 0.388 e. The predicted molar refractivity (Wildman–Crippen MR) is 67.9 cm³/mol. The molecular formula is C9H8ClF2N5OS. The SMILES string of the molecule is Cn1nc(-n2cc(C(N)=S)cn2)c(Cl)c1OC(F)F. The molecule has 0 unspecified atom stereocenters. The van der Waals surface area contributed by atoms with Crippen LogP contribution in [0.2, 0.25) is 5.02 Å². The van der Waals surface area contributed by atoms with E-state index in [9.17, 15) is 8.78 Å². The van der Waals surface area contributed by atoms with Crippen molar-refractivity contribution in [3.8, 4) is 11.7 Å². The Morgan fingerprint density at radius 1 is 1.58 bits per heavy atom. The molecule has 0 saturated carbocycles. The molecule has 10 heteroatoms. The van der Waals surface area contributed by atoms with Gasteiger partial charge in [0.05, 0.1) is 6.20 Å². The number of nitrogens with two attached hydrogens (primary N) is 1. The van der Waals surface area contributed by atoms with E-state index in [4.69, 9.17) is 29.6 Å². The Morgan fingerprint density at radius 2 is 2.26 bits per heavy atom. The fourth-order valence-electron chi connectivity index (χ4n) is 1.39. The van der Waals surface area contributed by atoms with Crippen molar-refractivity contribution in [1.29, 1.82) is 0 Å². The lowest BCUT2D eigenvalue weighted by molar-refractivity contribution is -0.0552. The zero-order chi connectivity index (χ0) is 14.2. The molecular weight excluding hydrogens is 300 g/mol. The van der Waals surface area contributed by atoms with Gasteiger partial charge in [0.15, 0.2) is 5.82 Å². The molecule has 2 aromatic rings. The number of rotatable bonds is 4. The number of hydrogen-bond acceptors (Lipinski definition) is 4. The van der Waals surface area contributed by atoms with Crippen molar-refractivity contribution in [3.63, 3.8) is 0 Å². The Morgan fingerprint density at radius 3 is 2.79 bits per heavy atom. The Labute approximate surface area is 116 Å². The summed E-state index contributed by atoms with van der Waals surface area (Å²) < 4.78 is 31.1. The second-order valence-electron chi connectivity index (χ2n) is 3.48. The van der Waals surface area contributed by atoms with Gasteiger partial charge in [-0.3, -0.25) is 0 Å². The van der Waals surface area contributed by atoms with Gasteiger partial charge in [-0.05, 0) is 0 Å². The van der Waals surface area contributed by atoms with Gasteiger partial charge in [0, 0.05) is 18.8 Å². The molecule has 0 aliphatic heterocycles. The van der Waals surface area contributed by atoms with Gasteiger partial charge in [-0.25, -0.2) is 9.36 Å². The molecule has 0 aliphatic carbocycles. The molecule has 0 amide bonds. The average molecular weight is 308 g/mol. The Balaban J connectivity index is 2.42. The van der Waals surface area contributed by atoms with Gasteiger partial charge in [-0.15, -0.1) is 5.10 Å². The highest BCUT2D eigenvalue weighted by atomic mass is 35.5. The second kappa shape index (κ2) is 5.10. The van der Waals surface area contributed by atoms with Crippen LogP contribution < -0.4 is 10.5 Å². The summed E-state index contributed by atoms with van der Waals surface area (Å²) in [4.78, 5) is 0.155. The van der Waals surface area contributed by atoms with Crippen LogP contribution in [0, 0.1) is 0 Å². The third kappa shape index (κ3) is 2.66. The maximum atomic E-state index is 12.2. The smallest absolute Gasteiger partial charge is 0.388 e. The van der Waals surface area contributed by atoms with Crippen molar-refractivity contribution in [2.75, 3.05) is 0 Å². The number of aromatic nitrogens is 4. The molecule has 0 atom stereocenters. The zero-order valence-corrected chi connectivity index (χ0v) is 11.1. The first kappa shape index (κ1) is 13.7. The molecule has 0 bridgehead atoms. The van der Waals surface area contributed by atoms with Gasteiger partial charge in [-0.1, -0.05) is 23.8 Å². The minimum Gasteiger partial charge on any atom is -0.415 e. The van der Waals surface area contributed by atoms with Crippen molar-refractivity contribution >= 4 is 28.8 Å². The molecule has 0 saturated heterocycles. The van der Waals surface area contributed by atoms with Gasteiger partial charge < -0.3 is 10.5 Å². The number of thiocarbonyl (C=S) groups is 1. The van der Waals surface area contributed by atoms with Crippen molar-refractivity contribution in [1.82, 2.24) is 19.6 Å². The summed E-state index contributed by atoms with van der Waals surface area (Å²) in [7, 11) is 1.42. The van der Waals surface area contributed by atoms with E-state index >= 15 is 0 Å². The largest absolute Gasteiger partial charge is 0.415 e. The fraction of sp³-hybridized carbons (Fsp3) is 0.222. The number of alkyl halides is 2. The van der Waals surface area contributed by atoms with E-state index in [1.807, 2.05) is 0 Å². The van der Waals surface area contributed by atoms with Crippen LogP contribution in [0.5, 0.6) is 5.88 Å². The van der Waals surface area contributed by atoms with Crippen molar-refractivity contribution in [2.45, 2.75) is 6.61 Å². The first-order valence-corrected chi connectivity index (χ1v) is 5.71. The van der Waals surface area contributed by atoms with Crippen LogP contribution in [0.25, 0.3) is 5.82 Å². The number of halogens is 3. The minimum atomic E-state index is -2.99. The molecule has 19 heavy (non-hydrogen) atoms. The van der Waals surface area contributed by atoms with E-state index in [-0.39, 0.29) is 21.7 Å². The van der Waals surface area contributed by atoms with E-state index in [1.54, 1.807) is 0 Å². The lowest BCUT2D eigenvalue weighted by Crippen LogP contribution is -2.07. The van der Waals surface area contributed by atoms with Gasteiger partial charge in [0.1, 0.15) is 10.0 Å². The van der Waals surface area contributed by atoms with Crippen molar-refractivity contribution < 1.29 is 13.5 Å². The van der Waals surface area contributed by atoms with Crippen LogP contribution in [-0.4, -0.2) is 31.2 Å².